The Kier molecular flexibility index (Phi) is 4.96. The van der Waals surface area contributed by atoms with Crippen LogP contribution in [0.25, 0.3) is 0 Å². The molecule has 1 aliphatic heterocycles. The predicted molar refractivity (Wildman–Crippen MR) is 85.3 cm³/mol. The minimum absolute atomic E-state index is 0.0122. The second-order valence-corrected chi connectivity index (χ2v) is 6.14. The Bertz CT molecular complexity index is 885. The van der Waals surface area contributed by atoms with Crippen LogP contribution in [0.5, 0.6) is 0 Å². The predicted octanol–water partition coefficient (Wildman–Crippen LogP) is 2.11. The van der Waals surface area contributed by atoms with Gasteiger partial charge in [-0.15, -0.1) is 0 Å². The van der Waals surface area contributed by atoms with E-state index in [-0.39, 0.29) is 22.8 Å². The number of nitrogens with one attached hydrogen (secondary N) is 4. The number of hydrogen-bond donors (Lipinski definition) is 4. The number of amides is 3. The lowest BCUT2D eigenvalue weighted by Crippen LogP contribution is -2.44. The zero-order chi connectivity index (χ0) is 19.8. The van der Waals surface area contributed by atoms with Gasteiger partial charge in [0.25, 0.3) is 0 Å². The third-order valence-corrected chi connectivity index (χ3v) is 4.14. The van der Waals surface area contributed by atoms with E-state index < -0.39 is 41.7 Å². The van der Waals surface area contributed by atoms with Gasteiger partial charge in [0, 0.05) is 6.54 Å². The first-order valence-corrected chi connectivity index (χ1v) is 7.95. The van der Waals surface area contributed by atoms with Crippen molar-refractivity contribution in [3.05, 3.63) is 52.1 Å². The Morgan fingerprint density at radius 1 is 1.33 bits per heavy atom. The number of hydrogen-bond acceptors (Lipinski definition) is 3. The number of rotatable bonds is 4. The maximum absolute atomic E-state index is 13.4. The number of halogens is 5. The Morgan fingerprint density at radius 3 is 2.63 bits per heavy atom. The molecule has 0 saturated carbocycles. The van der Waals surface area contributed by atoms with Crippen molar-refractivity contribution >= 4 is 23.5 Å². The largest absolute Gasteiger partial charge is 0.435 e. The highest BCUT2D eigenvalue weighted by molar-refractivity contribution is 6.30. The molecule has 1 unspecified atom stereocenters. The van der Waals surface area contributed by atoms with Gasteiger partial charge in [0.1, 0.15) is 11.9 Å². The van der Waals surface area contributed by atoms with Gasteiger partial charge in [0.05, 0.1) is 16.8 Å². The number of alkyl halides is 3. The van der Waals surface area contributed by atoms with Crippen molar-refractivity contribution in [1.82, 2.24) is 26.1 Å². The topological polar surface area (TPSA) is 98.9 Å². The first kappa shape index (κ1) is 19.0. The number of aromatic nitrogens is 2. The maximum atomic E-state index is 13.4. The fourth-order valence-corrected chi connectivity index (χ4v) is 2.71. The summed E-state index contributed by atoms with van der Waals surface area (Å²) >= 11 is 5.75. The summed E-state index contributed by atoms with van der Waals surface area (Å²) in [5.74, 6) is -1.37. The van der Waals surface area contributed by atoms with Crippen LogP contribution < -0.4 is 16.0 Å². The van der Waals surface area contributed by atoms with E-state index >= 15 is 0 Å². The van der Waals surface area contributed by atoms with E-state index in [0.29, 0.717) is 0 Å². The summed E-state index contributed by atoms with van der Waals surface area (Å²) in [6, 6.07) is 1.62. The minimum Gasteiger partial charge on any atom is -0.342 e. The van der Waals surface area contributed by atoms with E-state index in [1.807, 2.05) is 0 Å². The Balaban J connectivity index is 1.93. The first-order chi connectivity index (χ1) is 12.6. The fourth-order valence-electron chi connectivity index (χ4n) is 2.52. The molecule has 0 bridgehead atoms. The molecule has 0 spiro atoms. The molecule has 144 valence electrons. The van der Waals surface area contributed by atoms with E-state index in [1.165, 1.54) is 12.1 Å². The van der Waals surface area contributed by atoms with Crippen LogP contribution in [-0.2, 0) is 11.0 Å². The van der Waals surface area contributed by atoms with Gasteiger partial charge in [0.15, 0.2) is 5.69 Å². The molecule has 1 aromatic heterocycles. The second kappa shape index (κ2) is 7.06. The van der Waals surface area contributed by atoms with Crippen molar-refractivity contribution in [2.45, 2.75) is 18.3 Å². The van der Waals surface area contributed by atoms with E-state index in [2.05, 4.69) is 26.1 Å². The summed E-state index contributed by atoms with van der Waals surface area (Å²) in [5, 5.41) is 12.4. The normalized spacial score (nSPS) is 18.0. The lowest BCUT2D eigenvalue weighted by atomic mass is 10.0. The van der Waals surface area contributed by atoms with Crippen molar-refractivity contribution in [3.63, 3.8) is 0 Å². The molecular weight excluding hydrogens is 394 g/mol. The highest BCUT2D eigenvalue weighted by atomic mass is 35.5. The Labute approximate surface area is 154 Å². The summed E-state index contributed by atoms with van der Waals surface area (Å²) in [4.78, 5) is 23.6. The number of carbonyl (C=O) groups excluding carboxylic acids is 2. The zero-order valence-electron chi connectivity index (χ0n) is 13.3. The van der Waals surface area contributed by atoms with Crippen LogP contribution in [0.3, 0.4) is 0 Å². The average Bonchev–Trinajstić information content (AvgIpc) is 3.24. The van der Waals surface area contributed by atoms with Crippen molar-refractivity contribution in [2.24, 2.45) is 0 Å². The van der Waals surface area contributed by atoms with Crippen molar-refractivity contribution in [3.8, 4) is 0 Å². The van der Waals surface area contributed by atoms with Crippen LogP contribution in [0.15, 0.2) is 24.3 Å². The van der Waals surface area contributed by atoms with E-state index in [4.69, 9.17) is 11.6 Å². The van der Waals surface area contributed by atoms with Crippen LogP contribution >= 0.6 is 11.6 Å². The third kappa shape index (κ3) is 4.13. The summed E-state index contributed by atoms with van der Waals surface area (Å²) in [6.45, 7) is 0.0122. The molecule has 4 N–H and O–H groups in total. The number of benzene rings is 1. The number of aromatic amines is 1. The van der Waals surface area contributed by atoms with Gasteiger partial charge >= 0.3 is 12.2 Å². The van der Waals surface area contributed by atoms with Crippen molar-refractivity contribution in [1.29, 1.82) is 0 Å². The van der Waals surface area contributed by atoms with Gasteiger partial charge in [-0.1, -0.05) is 17.7 Å². The first-order valence-electron chi connectivity index (χ1n) is 7.57. The third-order valence-electron chi connectivity index (χ3n) is 3.85. The second-order valence-electron chi connectivity index (χ2n) is 5.73. The lowest BCUT2D eigenvalue weighted by molar-refractivity contribution is -0.141. The number of nitrogens with zero attached hydrogens (tertiary/aromatic N) is 1. The van der Waals surface area contributed by atoms with E-state index in [0.717, 1.165) is 12.1 Å². The number of urea groups is 1. The highest BCUT2D eigenvalue weighted by Crippen LogP contribution is 2.31. The van der Waals surface area contributed by atoms with Crippen molar-refractivity contribution < 1.29 is 27.2 Å². The molecule has 2 heterocycles. The van der Waals surface area contributed by atoms with Crippen LogP contribution in [0.4, 0.5) is 22.4 Å². The molecule has 0 radical (unpaired) electrons. The molecule has 3 rings (SSSR count). The number of carbonyl (C=O) groups is 2. The van der Waals surface area contributed by atoms with Gasteiger partial charge in [-0.05, 0) is 23.8 Å². The summed E-state index contributed by atoms with van der Waals surface area (Å²) < 4.78 is 51.9. The average molecular weight is 406 g/mol. The van der Waals surface area contributed by atoms with Gasteiger partial charge in [-0.2, -0.15) is 18.3 Å². The smallest absolute Gasteiger partial charge is 0.342 e. The van der Waals surface area contributed by atoms with Gasteiger partial charge in [0.2, 0.25) is 5.91 Å². The molecule has 2 atom stereocenters. The molecule has 0 aliphatic carbocycles. The molecule has 1 aromatic carbocycles. The number of H-pyrrole nitrogens is 1. The van der Waals surface area contributed by atoms with Crippen LogP contribution in [0, 0.1) is 5.82 Å². The Morgan fingerprint density at radius 2 is 2.07 bits per heavy atom. The van der Waals surface area contributed by atoms with Gasteiger partial charge in [-0.3, -0.25) is 9.89 Å². The maximum Gasteiger partial charge on any atom is 0.435 e. The van der Waals surface area contributed by atoms with E-state index in [9.17, 15) is 27.2 Å². The molecule has 3 amide bonds. The minimum atomic E-state index is -4.69. The SMILES string of the molecule is O=C1NCC(C(=O)N[C@@H](c2ccc(F)c(Cl)c2)c2cc(C(F)(F)F)n[nH]2)N1. The van der Waals surface area contributed by atoms with Gasteiger partial charge < -0.3 is 16.0 Å². The molecule has 7 nitrogen and oxygen atoms in total. The Hall–Kier alpha value is -2.82. The molecule has 2 aromatic rings. The zero-order valence-corrected chi connectivity index (χ0v) is 14.1. The molecule has 1 saturated heterocycles. The van der Waals surface area contributed by atoms with Crippen LogP contribution in [0.2, 0.25) is 5.02 Å². The quantitative estimate of drug-likeness (QED) is 0.586. The van der Waals surface area contributed by atoms with Crippen LogP contribution in [0.1, 0.15) is 23.0 Å². The lowest BCUT2D eigenvalue weighted by Gasteiger charge is -2.20. The van der Waals surface area contributed by atoms with E-state index in [1.54, 1.807) is 0 Å². The monoisotopic (exact) mass is 405 g/mol. The highest BCUT2D eigenvalue weighted by Gasteiger charge is 2.36. The van der Waals surface area contributed by atoms with Crippen molar-refractivity contribution in [2.75, 3.05) is 6.54 Å². The molecule has 27 heavy (non-hydrogen) atoms. The molecule has 1 fully saturated rings. The fraction of sp³-hybridized carbons (Fsp3) is 0.267. The molecule has 1 aliphatic rings. The molecular formula is C15H12ClF4N5O2. The summed E-state index contributed by atoms with van der Waals surface area (Å²) in [7, 11) is 0. The molecule has 12 heteroatoms. The van der Waals surface area contributed by atoms with Gasteiger partial charge in [-0.25, -0.2) is 9.18 Å². The van der Waals surface area contributed by atoms with Crippen LogP contribution in [-0.4, -0.2) is 34.7 Å². The summed E-state index contributed by atoms with van der Waals surface area (Å²) in [5.41, 5.74) is -1.04. The standard InChI is InChI=1S/C15H12ClF4N5O2/c16-7-3-6(1-2-8(7)17)12(9-4-11(25-24-9)15(18,19)20)23-13(26)10-5-21-14(27)22-10/h1-4,10,12H,5H2,(H,23,26)(H,24,25)(H2,21,22,27)/t10?,12-/m0/s1. The summed E-state index contributed by atoms with van der Waals surface area (Å²) in [6.07, 6.45) is -4.69.